The Kier molecular flexibility index (Phi) is 3.56. The summed E-state index contributed by atoms with van der Waals surface area (Å²) in [4.78, 5) is 20.6. The third kappa shape index (κ3) is 2.60. The molecule has 0 radical (unpaired) electrons. The van der Waals surface area contributed by atoms with Crippen molar-refractivity contribution in [3.8, 4) is 0 Å². The summed E-state index contributed by atoms with van der Waals surface area (Å²) in [6.07, 6.45) is 3.37. The van der Waals surface area contributed by atoms with E-state index in [0.717, 1.165) is 25.3 Å². The second-order valence-corrected chi connectivity index (χ2v) is 5.83. The molecule has 1 saturated heterocycles. The van der Waals surface area contributed by atoms with E-state index in [9.17, 15) is 4.79 Å². The van der Waals surface area contributed by atoms with Crippen molar-refractivity contribution in [2.75, 3.05) is 13.1 Å². The van der Waals surface area contributed by atoms with Gasteiger partial charge in [-0.15, -0.1) is 0 Å². The Hall–Kier alpha value is -1.69. The highest BCUT2D eigenvalue weighted by Crippen LogP contribution is 2.22. The zero-order chi connectivity index (χ0) is 14.1. The lowest BCUT2D eigenvalue weighted by Gasteiger charge is -2.27. The number of H-pyrrole nitrogens is 1. The van der Waals surface area contributed by atoms with Gasteiger partial charge in [-0.2, -0.15) is 9.50 Å². The number of nitrogens with one attached hydrogen (secondary N) is 2. The molecule has 2 aromatic heterocycles. The third-order valence-electron chi connectivity index (χ3n) is 4.16. The average Bonchev–Trinajstić information content (AvgIpc) is 2.82. The van der Waals surface area contributed by atoms with Crippen LogP contribution in [-0.4, -0.2) is 32.7 Å². The average molecular weight is 275 g/mol. The Morgan fingerprint density at radius 2 is 2.35 bits per heavy atom. The molecule has 0 spiro atoms. The molecule has 2 unspecified atom stereocenters. The molecule has 108 valence electrons. The van der Waals surface area contributed by atoms with Crippen LogP contribution < -0.4 is 10.9 Å². The second-order valence-electron chi connectivity index (χ2n) is 5.83. The number of piperidine rings is 1. The molecule has 6 heteroatoms. The molecule has 6 nitrogen and oxygen atoms in total. The van der Waals surface area contributed by atoms with Gasteiger partial charge in [0.2, 0.25) is 0 Å². The van der Waals surface area contributed by atoms with Crippen LogP contribution in [0.2, 0.25) is 0 Å². The number of aromatic nitrogens is 4. The minimum atomic E-state index is -0.0989. The zero-order valence-electron chi connectivity index (χ0n) is 12.0. The molecule has 1 aliphatic rings. The first kappa shape index (κ1) is 13.3. The van der Waals surface area contributed by atoms with E-state index in [0.29, 0.717) is 23.3 Å². The molecule has 2 atom stereocenters. The molecule has 0 aromatic carbocycles. The van der Waals surface area contributed by atoms with Crippen LogP contribution in [0.1, 0.15) is 31.3 Å². The van der Waals surface area contributed by atoms with Gasteiger partial charge in [0.25, 0.3) is 11.3 Å². The van der Waals surface area contributed by atoms with Crippen molar-refractivity contribution in [1.82, 2.24) is 24.9 Å². The van der Waals surface area contributed by atoms with Crippen LogP contribution in [0.4, 0.5) is 0 Å². The smallest absolute Gasteiger partial charge is 0.274 e. The summed E-state index contributed by atoms with van der Waals surface area (Å²) in [6, 6.07) is 1.52. The van der Waals surface area contributed by atoms with E-state index in [1.165, 1.54) is 23.4 Å². The van der Waals surface area contributed by atoms with Crippen molar-refractivity contribution in [2.45, 2.75) is 33.1 Å². The number of rotatable bonds is 3. The summed E-state index contributed by atoms with van der Waals surface area (Å²) < 4.78 is 1.42. The van der Waals surface area contributed by atoms with Gasteiger partial charge < -0.3 is 5.32 Å². The van der Waals surface area contributed by atoms with E-state index in [-0.39, 0.29) is 5.56 Å². The van der Waals surface area contributed by atoms with Crippen LogP contribution in [0.25, 0.3) is 5.78 Å². The molecule has 3 heterocycles. The summed E-state index contributed by atoms with van der Waals surface area (Å²) in [7, 11) is 0. The lowest BCUT2D eigenvalue weighted by atomic mass is 9.85. The normalized spacial score (nSPS) is 21.2. The summed E-state index contributed by atoms with van der Waals surface area (Å²) >= 11 is 0. The Labute approximate surface area is 117 Å². The van der Waals surface area contributed by atoms with Crippen molar-refractivity contribution >= 4 is 5.78 Å². The maximum Gasteiger partial charge on any atom is 0.274 e. The standard InChI is InChI=1S/C14H21N5O/c1-9(11-4-3-5-15-8-11)6-12-17-14-16-10(2)7-13(20)19(14)18-12/h7,9,11,15H,3-6,8H2,1-2H3,(H,16,17,18). The van der Waals surface area contributed by atoms with Crippen molar-refractivity contribution in [3.05, 3.63) is 27.9 Å². The van der Waals surface area contributed by atoms with Gasteiger partial charge in [-0.05, 0) is 44.7 Å². The fourth-order valence-corrected chi connectivity index (χ4v) is 2.96. The summed E-state index contributed by atoms with van der Waals surface area (Å²) in [5.41, 5.74) is 0.607. The SMILES string of the molecule is Cc1cc(=O)n2[nH]c(CC(C)C3CCCNC3)nc2n1. The number of hydrogen-bond acceptors (Lipinski definition) is 4. The quantitative estimate of drug-likeness (QED) is 0.873. The highest BCUT2D eigenvalue weighted by molar-refractivity contribution is 5.27. The predicted octanol–water partition coefficient (Wildman–Crippen LogP) is 0.904. The Morgan fingerprint density at radius 1 is 1.50 bits per heavy atom. The molecule has 1 aliphatic heterocycles. The van der Waals surface area contributed by atoms with Gasteiger partial charge >= 0.3 is 0 Å². The summed E-state index contributed by atoms with van der Waals surface area (Å²) in [6.45, 7) is 6.28. The van der Waals surface area contributed by atoms with Gasteiger partial charge in [-0.25, -0.2) is 4.98 Å². The molecule has 2 N–H and O–H groups in total. The molecule has 20 heavy (non-hydrogen) atoms. The van der Waals surface area contributed by atoms with Crippen molar-refractivity contribution < 1.29 is 0 Å². The molecule has 3 rings (SSSR count). The highest BCUT2D eigenvalue weighted by atomic mass is 16.1. The topological polar surface area (TPSA) is 75.1 Å². The van der Waals surface area contributed by atoms with Gasteiger partial charge in [0.15, 0.2) is 0 Å². The van der Waals surface area contributed by atoms with E-state index < -0.39 is 0 Å². The van der Waals surface area contributed by atoms with Crippen LogP contribution in [0, 0.1) is 18.8 Å². The summed E-state index contributed by atoms with van der Waals surface area (Å²) in [5, 5.41) is 6.52. The first-order valence-corrected chi connectivity index (χ1v) is 7.29. The maximum atomic E-state index is 11.8. The number of nitrogens with zero attached hydrogens (tertiary/aromatic N) is 3. The lowest BCUT2D eigenvalue weighted by molar-refractivity contribution is 0.276. The Morgan fingerprint density at radius 3 is 3.10 bits per heavy atom. The number of aromatic amines is 1. The molecule has 1 fully saturated rings. The fraction of sp³-hybridized carbons (Fsp3) is 0.643. The molecule has 0 saturated carbocycles. The molecule has 0 aliphatic carbocycles. The number of aryl methyl sites for hydroxylation is 1. The van der Waals surface area contributed by atoms with Gasteiger partial charge in [-0.1, -0.05) is 6.92 Å². The van der Waals surface area contributed by atoms with E-state index in [2.05, 4.69) is 27.3 Å². The van der Waals surface area contributed by atoms with Gasteiger partial charge in [0.05, 0.1) is 0 Å². The fourth-order valence-electron chi connectivity index (χ4n) is 2.96. The van der Waals surface area contributed by atoms with Crippen LogP contribution in [0.3, 0.4) is 0 Å². The van der Waals surface area contributed by atoms with Crippen LogP contribution in [-0.2, 0) is 6.42 Å². The lowest BCUT2D eigenvalue weighted by Crippen LogP contribution is -2.34. The summed E-state index contributed by atoms with van der Waals surface area (Å²) in [5.74, 6) is 2.54. The van der Waals surface area contributed by atoms with E-state index in [4.69, 9.17) is 0 Å². The Balaban J connectivity index is 1.80. The first-order chi connectivity index (χ1) is 9.63. The Bertz CT molecular complexity index is 653. The van der Waals surface area contributed by atoms with Gasteiger partial charge in [0.1, 0.15) is 5.82 Å². The third-order valence-corrected chi connectivity index (χ3v) is 4.16. The molecular weight excluding hydrogens is 254 g/mol. The van der Waals surface area contributed by atoms with Crippen LogP contribution >= 0.6 is 0 Å². The largest absolute Gasteiger partial charge is 0.316 e. The van der Waals surface area contributed by atoms with Crippen molar-refractivity contribution in [3.63, 3.8) is 0 Å². The second kappa shape index (κ2) is 5.36. The monoisotopic (exact) mass is 275 g/mol. The van der Waals surface area contributed by atoms with Gasteiger partial charge in [0, 0.05) is 18.2 Å². The van der Waals surface area contributed by atoms with Gasteiger partial charge in [-0.3, -0.25) is 9.89 Å². The minimum absolute atomic E-state index is 0.0989. The highest BCUT2D eigenvalue weighted by Gasteiger charge is 2.21. The van der Waals surface area contributed by atoms with E-state index in [1.807, 2.05) is 6.92 Å². The van der Waals surface area contributed by atoms with E-state index in [1.54, 1.807) is 0 Å². The number of fused-ring (bicyclic) bond motifs is 1. The van der Waals surface area contributed by atoms with Crippen LogP contribution in [0.15, 0.2) is 10.9 Å². The molecule has 2 aromatic rings. The number of hydrogen-bond donors (Lipinski definition) is 2. The van der Waals surface area contributed by atoms with Crippen LogP contribution in [0.5, 0.6) is 0 Å². The maximum absolute atomic E-state index is 11.8. The zero-order valence-corrected chi connectivity index (χ0v) is 12.0. The van der Waals surface area contributed by atoms with Crippen molar-refractivity contribution in [2.24, 2.45) is 11.8 Å². The molecular formula is C14H21N5O. The van der Waals surface area contributed by atoms with Crippen molar-refractivity contribution in [1.29, 1.82) is 0 Å². The molecule has 0 amide bonds. The minimum Gasteiger partial charge on any atom is -0.316 e. The van der Waals surface area contributed by atoms with E-state index >= 15 is 0 Å². The first-order valence-electron chi connectivity index (χ1n) is 7.29. The molecule has 0 bridgehead atoms. The predicted molar refractivity (Wildman–Crippen MR) is 76.8 cm³/mol.